The van der Waals surface area contributed by atoms with Crippen LogP contribution in [0.15, 0.2) is 165 Å². The number of furan rings is 2. The van der Waals surface area contributed by atoms with Crippen LogP contribution in [0.4, 0.5) is 0 Å². The molecule has 0 bridgehead atoms. The average molecular weight is 1650 g/mol. The first-order chi connectivity index (χ1) is 53.4. The Kier molecular flexibility index (Phi) is 54.9. The fourth-order valence-corrected chi connectivity index (χ4v) is 14.6. The molecule has 1 unspecified atom stereocenters. The van der Waals surface area contributed by atoms with Crippen LogP contribution in [0.1, 0.15) is 365 Å². The number of hydrogen-bond donors (Lipinski definition) is 5. The smallest absolute Gasteiger partial charge is 0.139 e. The van der Waals surface area contributed by atoms with Crippen molar-refractivity contribution in [1.29, 1.82) is 0 Å². The molecule has 10 rings (SSSR count). The summed E-state index contributed by atoms with van der Waals surface area (Å²) in [6.45, 7) is 46.7. The Morgan fingerprint density at radius 2 is 0.850 bits per heavy atom. The number of aromatic hydroxyl groups is 5. The second-order valence-corrected chi connectivity index (χ2v) is 32.7. The Morgan fingerprint density at radius 3 is 1.29 bits per heavy atom. The van der Waals surface area contributed by atoms with Gasteiger partial charge in [0.1, 0.15) is 68.2 Å². The van der Waals surface area contributed by atoms with Crippen molar-refractivity contribution in [2.24, 2.45) is 0 Å². The van der Waals surface area contributed by atoms with Crippen molar-refractivity contribution >= 4 is 55.5 Å². The first kappa shape index (κ1) is 115. The van der Waals surface area contributed by atoms with Gasteiger partial charge in [0.2, 0.25) is 0 Å². The van der Waals surface area contributed by atoms with Gasteiger partial charge < -0.3 is 43.8 Å². The lowest BCUT2D eigenvalue weighted by Crippen LogP contribution is -2.31. The number of phenols is 5. The van der Waals surface area contributed by atoms with E-state index in [1.54, 1.807) is 7.11 Å². The zero-order valence-corrected chi connectivity index (χ0v) is 72.7. The van der Waals surface area contributed by atoms with E-state index in [1.807, 2.05) is 56.3 Å². The van der Waals surface area contributed by atoms with Crippen LogP contribution >= 0.6 is 0 Å². The van der Waals surface area contributed by atoms with Crippen molar-refractivity contribution in [2.75, 3.05) is 7.11 Å². The standard InChI is InChI=1S/C22H34O2.C21H26O2.C21H24O2.C20H30O.C19H26O2.8CH4/c1-6-7-8-12-19-15-21(23)20(22(16-19)24-5)14-13-18(4)11-9-10-17(2)3;2*1-5-6-7-8-15-11-17(22)20-18(12-15)23-21-14(4)9-10-16(13(2)3)19(20)21;1-6-8-18-13-17(5)19(20(21)14-18)12-11-16(4)10-7-9-15(2)3;1-5-7-15-12-17(20)16-9-11-19(4,21-18(16)13-15)10-6-8-14(2)3;;;;;;;;/h10,13,15-16,23H,6-9,11-12,14H2,1-5H3;9-13,22H,5-8H2,1-4H3;9-12,22H,2,5-8H2,1,3-4H3;9,11,13-14,21H,6-8,10,12H2,1-5H3;8-9,11-13,20H,5-7,10H2,1-4H3;8*1H4/b18-13+;;;16-11+;;;;;;;;;. The van der Waals surface area contributed by atoms with E-state index in [1.165, 1.54) is 83.1 Å². The lowest BCUT2D eigenvalue weighted by atomic mass is 9.93. The minimum absolute atomic E-state index is 0. The van der Waals surface area contributed by atoms with Gasteiger partial charge in [0, 0.05) is 21.9 Å². The highest BCUT2D eigenvalue weighted by Gasteiger charge is 2.29. The number of allylic oxidation sites excluding steroid dienone is 11. The molecule has 0 spiro atoms. The zero-order valence-electron chi connectivity index (χ0n) is 72.7. The van der Waals surface area contributed by atoms with Gasteiger partial charge in [0.25, 0.3) is 0 Å². The highest BCUT2D eigenvalue weighted by Crippen LogP contribution is 2.45. The Bertz CT molecular complexity index is 4720. The summed E-state index contributed by atoms with van der Waals surface area (Å²) in [4.78, 5) is 0. The molecule has 3 heterocycles. The van der Waals surface area contributed by atoms with Gasteiger partial charge in [-0.2, -0.15) is 0 Å². The van der Waals surface area contributed by atoms with E-state index < -0.39 is 0 Å². The first-order valence-corrected chi connectivity index (χ1v) is 42.1. The number of methoxy groups -OCH3 is 1. The predicted octanol–water partition coefficient (Wildman–Crippen LogP) is 35.4. The van der Waals surface area contributed by atoms with Crippen LogP contribution in [0.2, 0.25) is 0 Å². The van der Waals surface area contributed by atoms with Crippen molar-refractivity contribution in [2.45, 2.75) is 364 Å². The third-order valence-corrected chi connectivity index (χ3v) is 21.1. The second-order valence-electron chi connectivity index (χ2n) is 32.7. The van der Waals surface area contributed by atoms with E-state index >= 15 is 0 Å². The van der Waals surface area contributed by atoms with Gasteiger partial charge in [-0.3, -0.25) is 0 Å². The molecule has 120 heavy (non-hydrogen) atoms. The van der Waals surface area contributed by atoms with Gasteiger partial charge in [-0.05, 0) is 321 Å². The monoisotopic (exact) mass is 1650 g/mol. The molecule has 1 atom stereocenters. The summed E-state index contributed by atoms with van der Waals surface area (Å²) in [5, 5.41) is 55.7. The van der Waals surface area contributed by atoms with Crippen molar-refractivity contribution in [1.82, 2.24) is 0 Å². The molecule has 0 amide bonds. The van der Waals surface area contributed by atoms with Crippen molar-refractivity contribution < 1.29 is 43.8 Å². The van der Waals surface area contributed by atoms with E-state index in [0.717, 1.165) is 226 Å². The molecular formula is C111H172O9. The molecular weight excluding hydrogens is 1480 g/mol. The van der Waals surface area contributed by atoms with E-state index in [-0.39, 0.29) is 65.0 Å². The Hall–Kier alpha value is -9.08. The molecule has 7 aromatic carbocycles. The lowest BCUT2D eigenvalue weighted by Gasteiger charge is -2.32. The molecule has 1 aliphatic rings. The number of hydrogen-bond acceptors (Lipinski definition) is 9. The van der Waals surface area contributed by atoms with Gasteiger partial charge in [-0.1, -0.05) is 260 Å². The van der Waals surface area contributed by atoms with Gasteiger partial charge in [-0.25, -0.2) is 0 Å². The van der Waals surface area contributed by atoms with Gasteiger partial charge >= 0.3 is 0 Å². The number of rotatable bonds is 32. The highest BCUT2D eigenvalue weighted by molar-refractivity contribution is 6.14. The van der Waals surface area contributed by atoms with Crippen molar-refractivity contribution in [3.63, 3.8) is 0 Å². The molecule has 9 heteroatoms. The highest BCUT2D eigenvalue weighted by atomic mass is 16.5. The predicted molar refractivity (Wildman–Crippen MR) is 535 cm³/mol. The SMILES string of the molecule is C.C.C.C.C.C.C.C.C=C(C)c1ccc(C)c2oc3cc(CCCCC)cc(O)c3c12.CCCCCc1cc(O)c(C/C=C(\C)CCC=C(C)C)c(OC)c1.CCCCCc1cc(O)c2c(c1)oc1c(C)ccc(C(C)C)c12.CCCc1cc(C)c(C/C=C(\C)CCC=C(C)C)c(O)c1.CCCc1cc(O)c2c(c1)OC(C)(CCC=C(C)C)C=C2. The topological polar surface area (TPSA) is 146 Å². The number of phenolic OH excluding ortho intramolecular Hbond substituents is 5. The molecule has 0 saturated heterocycles. The van der Waals surface area contributed by atoms with Crippen LogP contribution in [-0.4, -0.2) is 38.2 Å². The fourth-order valence-electron chi connectivity index (χ4n) is 14.6. The van der Waals surface area contributed by atoms with E-state index in [0.29, 0.717) is 41.1 Å². The van der Waals surface area contributed by atoms with Crippen LogP contribution < -0.4 is 9.47 Å². The van der Waals surface area contributed by atoms with Crippen LogP contribution in [0.25, 0.3) is 55.5 Å². The minimum atomic E-state index is -0.295. The third kappa shape index (κ3) is 34.4. The molecule has 5 N–H and O–H groups in total. The fraction of sp³-hybridized carbons (Fsp3) is 0.495. The Balaban J connectivity index is -0.00000140. The number of aryl methyl sites for hydroxylation is 8. The van der Waals surface area contributed by atoms with Gasteiger partial charge in [0.05, 0.1) is 23.4 Å². The summed E-state index contributed by atoms with van der Waals surface area (Å²) in [5.41, 5.74) is 25.1. The maximum atomic E-state index is 10.6. The molecule has 9 nitrogen and oxygen atoms in total. The van der Waals surface area contributed by atoms with Gasteiger partial charge in [-0.15, -0.1) is 0 Å². The molecule has 0 fully saturated rings. The summed E-state index contributed by atoms with van der Waals surface area (Å²) in [5.74, 6) is 3.78. The largest absolute Gasteiger partial charge is 0.508 e. The van der Waals surface area contributed by atoms with Crippen molar-refractivity contribution in [3.05, 3.63) is 228 Å². The van der Waals surface area contributed by atoms with Crippen LogP contribution in [0.5, 0.6) is 40.2 Å². The molecule has 1 aliphatic heterocycles. The summed E-state index contributed by atoms with van der Waals surface area (Å²) in [6.07, 6.45) is 40.9. The zero-order chi connectivity index (χ0) is 82.4. The average Bonchev–Trinajstić information content (AvgIpc) is 1.60. The Morgan fingerprint density at radius 1 is 0.442 bits per heavy atom. The molecule has 2 aromatic heterocycles. The molecule has 0 radical (unpaired) electrons. The van der Waals surface area contributed by atoms with Crippen LogP contribution in [0, 0.1) is 20.8 Å². The van der Waals surface area contributed by atoms with E-state index in [4.69, 9.17) is 18.3 Å². The number of ether oxygens (including phenoxy) is 2. The second kappa shape index (κ2) is 57.3. The lowest BCUT2D eigenvalue weighted by molar-refractivity contribution is 0.128. The molecule has 670 valence electrons. The molecule has 9 aromatic rings. The number of fused-ring (bicyclic) bond motifs is 7. The third-order valence-electron chi connectivity index (χ3n) is 21.1. The van der Waals surface area contributed by atoms with Crippen LogP contribution in [0.3, 0.4) is 0 Å². The maximum absolute atomic E-state index is 10.6. The normalized spacial score (nSPS) is 12.2. The van der Waals surface area contributed by atoms with Gasteiger partial charge in [0.15, 0.2) is 0 Å². The summed E-state index contributed by atoms with van der Waals surface area (Å²) >= 11 is 0. The number of unbranched alkanes of at least 4 members (excludes halogenated alkanes) is 6. The summed E-state index contributed by atoms with van der Waals surface area (Å²) < 4.78 is 24.0. The van der Waals surface area contributed by atoms with E-state index in [9.17, 15) is 25.5 Å². The first-order valence-electron chi connectivity index (χ1n) is 42.1. The minimum Gasteiger partial charge on any atom is -0.508 e. The van der Waals surface area contributed by atoms with Crippen LogP contribution in [-0.2, 0) is 44.9 Å². The van der Waals surface area contributed by atoms with E-state index in [2.05, 4.69) is 216 Å². The Labute approximate surface area is 734 Å². The van der Waals surface area contributed by atoms with Crippen molar-refractivity contribution in [3.8, 4) is 40.2 Å². The number of benzene rings is 7. The quantitative estimate of drug-likeness (QED) is 0.0205. The maximum Gasteiger partial charge on any atom is 0.139 e. The summed E-state index contributed by atoms with van der Waals surface area (Å²) in [6, 6.07) is 28.4. The molecule has 0 saturated carbocycles. The molecule has 0 aliphatic carbocycles. The summed E-state index contributed by atoms with van der Waals surface area (Å²) in [7, 11) is 1.68.